The maximum Gasteiger partial charge on any atom is 0.152 e. The lowest BCUT2D eigenvalue weighted by Gasteiger charge is -2.34. The Kier molecular flexibility index (Phi) is 5.37. The SMILES string of the molecule is N=C(c1ccc(Cn2cncn2)cc1)N1CCC2(CC1)CC2CNCc1cc2ccncc2o1. The molecule has 0 radical (unpaired) electrons. The van der Waals surface area contributed by atoms with Gasteiger partial charge < -0.3 is 14.6 Å². The van der Waals surface area contributed by atoms with Crippen LogP contribution in [-0.4, -0.2) is 50.1 Å². The Bertz CT molecular complexity index is 1240. The molecule has 3 aromatic heterocycles. The highest BCUT2D eigenvalue weighted by molar-refractivity contribution is 5.96. The minimum atomic E-state index is 0.462. The molecular weight excluding hydrogens is 426 g/mol. The summed E-state index contributed by atoms with van der Waals surface area (Å²) >= 11 is 0. The van der Waals surface area contributed by atoms with E-state index in [1.54, 1.807) is 29.7 Å². The summed E-state index contributed by atoms with van der Waals surface area (Å²) in [6.07, 6.45) is 10.5. The van der Waals surface area contributed by atoms with E-state index in [1.807, 2.05) is 6.07 Å². The maximum atomic E-state index is 8.71. The normalized spacial score (nSPS) is 19.1. The molecule has 1 atom stereocenters. The van der Waals surface area contributed by atoms with E-state index >= 15 is 0 Å². The van der Waals surface area contributed by atoms with Crippen molar-refractivity contribution in [1.82, 2.24) is 30.0 Å². The second-order valence-corrected chi connectivity index (χ2v) is 9.65. The summed E-state index contributed by atoms with van der Waals surface area (Å²) in [5.41, 5.74) is 3.45. The van der Waals surface area contributed by atoms with Gasteiger partial charge in [0.1, 0.15) is 24.3 Å². The first-order valence-electron chi connectivity index (χ1n) is 12.0. The summed E-state index contributed by atoms with van der Waals surface area (Å²) in [7, 11) is 0. The first-order chi connectivity index (χ1) is 16.7. The van der Waals surface area contributed by atoms with Crippen LogP contribution < -0.4 is 5.32 Å². The average Bonchev–Trinajstić information content (AvgIpc) is 3.21. The molecule has 8 heteroatoms. The van der Waals surface area contributed by atoms with Crippen molar-refractivity contribution >= 4 is 16.8 Å². The summed E-state index contributed by atoms with van der Waals surface area (Å²) < 4.78 is 7.67. The van der Waals surface area contributed by atoms with Crippen molar-refractivity contribution in [3.63, 3.8) is 0 Å². The van der Waals surface area contributed by atoms with Gasteiger partial charge in [-0.1, -0.05) is 24.3 Å². The smallest absolute Gasteiger partial charge is 0.152 e. The fraction of sp³-hybridized carbons (Fsp3) is 0.385. The van der Waals surface area contributed by atoms with Crippen molar-refractivity contribution in [2.75, 3.05) is 19.6 Å². The van der Waals surface area contributed by atoms with E-state index in [9.17, 15) is 0 Å². The largest absolute Gasteiger partial charge is 0.458 e. The Morgan fingerprint density at radius 1 is 1.15 bits per heavy atom. The number of fused-ring (bicyclic) bond motifs is 1. The lowest BCUT2D eigenvalue weighted by atomic mass is 9.90. The van der Waals surface area contributed by atoms with Crippen LogP contribution in [0, 0.1) is 16.7 Å². The van der Waals surface area contributed by atoms with Crippen LogP contribution in [0.5, 0.6) is 0 Å². The molecule has 34 heavy (non-hydrogen) atoms. The molecule has 0 bridgehead atoms. The van der Waals surface area contributed by atoms with Crippen molar-refractivity contribution in [3.8, 4) is 0 Å². The lowest BCUT2D eigenvalue weighted by Crippen LogP contribution is -2.40. The summed E-state index contributed by atoms with van der Waals surface area (Å²) in [6, 6.07) is 12.3. The quantitative estimate of drug-likeness (QED) is 0.326. The highest BCUT2D eigenvalue weighted by Crippen LogP contribution is 2.59. The van der Waals surface area contributed by atoms with Gasteiger partial charge in [0, 0.05) is 30.2 Å². The standard InChI is InChI=1S/C26H29N7O/c27-25(20-3-1-19(2-4-20)16-33-18-30-17-31-33)32-9-6-26(7-10-32)12-22(26)13-29-14-23-11-21-5-8-28-15-24(21)34-23/h1-5,8,11,15,17-18,22,27,29H,6-7,9-10,12-14,16H2. The van der Waals surface area contributed by atoms with Crippen LogP contribution in [0.3, 0.4) is 0 Å². The first-order valence-corrected chi connectivity index (χ1v) is 12.0. The summed E-state index contributed by atoms with van der Waals surface area (Å²) in [6.45, 7) is 4.41. The molecule has 1 aliphatic carbocycles. The van der Waals surface area contributed by atoms with Crippen molar-refractivity contribution in [2.24, 2.45) is 11.3 Å². The van der Waals surface area contributed by atoms with E-state index in [0.717, 1.165) is 60.0 Å². The highest BCUT2D eigenvalue weighted by Gasteiger charge is 2.54. The van der Waals surface area contributed by atoms with Gasteiger partial charge in [-0.25, -0.2) is 9.67 Å². The topological polar surface area (TPSA) is 95.9 Å². The third kappa shape index (κ3) is 4.21. The van der Waals surface area contributed by atoms with Crippen LogP contribution >= 0.6 is 0 Å². The molecule has 0 amide bonds. The van der Waals surface area contributed by atoms with Crippen LogP contribution in [-0.2, 0) is 13.1 Å². The van der Waals surface area contributed by atoms with Gasteiger partial charge in [0.05, 0.1) is 19.3 Å². The van der Waals surface area contributed by atoms with Crippen LogP contribution in [0.4, 0.5) is 0 Å². The van der Waals surface area contributed by atoms with Crippen LogP contribution in [0.15, 0.2) is 65.9 Å². The lowest BCUT2D eigenvalue weighted by molar-refractivity contribution is 0.231. The van der Waals surface area contributed by atoms with Gasteiger partial charge in [-0.15, -0.1) is 0 Å². The molecule has 6 rings (SSSR count). The van der Waals surface area contributed by atoms with Gasteiger partial charge in [-0.3, -0.25) is 10.4 Å². The molecule has 1 aliphatic heterocycles. The summed E-state index contributed by atoms with van der Waals surface area (Å²) in [4.78, 5) is 10.3. The Labute approximate surface area is 198 Å². The van der Waals surface area contributed by atoms with Crippen LogP contribution in [0.2, 0.25) is 0 Å². The third-order valence-electron chi connectivity index (χ3n) is 7.54. The van der Waals surface area contributed by atoms with E-state index in [4.69, 9.17) is 9.83 Å². The molecule has 1 saturated heterocycles. The third-order valence-corrected chi connectivity index (χ3v) is 7.54. The van der Waals surface area contributed by atoms with Gasteiger partial charge in [0.15, 0.2) is 5.58 Å². The number of furan rings is 1. The molecule has 2 fully saturated rings. The number of piperidine rings is 1. The van der Waals surface area contributed by atoms with Gasteiger partial charge in [0.25, 0.3) is 0 Å². The average molecular weight is 456 g/mol. The van der Waals surface area contributed by atoms with E-state index < -0.39 is 0 Å². The summed E-state index contributed by atoms with van der Waals surface area (Å²) in [5.74, 6) is 2.33. The van der Waals surface area contributed by atoms with Crippen molar-refractivity contribution in [3.05, 3.63) is 78.3 Å². The molecule has 2 aliphatic rings. The predicted molar refractivity (Wildman–Crippen MR) is 129 cm³/mol. The number of rotatable bonds is 7. The van der Waals surface area contributed by atoms with E-state index in [0.29, 0.717) is 17.8 Å². The van der Waals surface area contributed by atoms with Crippen molar-refractivity contribution in [2.45, 2.75) is 32.4 Å². The van der Waals surface area contributed by atoms with Gasteiger partial charge >= 0.3 is 0 Å². The number of hydrogen-bond acceptors (Lipinski definition) is 6. The highest BCUT2D eigenvalue weighted by atomic mass is 16.3. The Balaban J connectivity index is 0.971. The number of amidine groups is 1. The Hall–Kier alpha value is -3.52. The molecule has 1 aromatic carbocycles. The van der Waals surface area contributed by atoms with E-state index in [1.165, 1.54) is 19.3 Å². The number of aromatic nitrogens is 4. The molecule has 4 heterocycles. The molecule has 174 valence electrons. The van der Waals surface area contributed by atoms with Crippen molar-refractivity contribution in [1.29, 1.82) is 5.41 Å². The molecule has 1 unspecified atom stereocenters. The zero-order valence-corrected chi connectivity index (χ0v) is 19.2. The maximum absolute atomic E-state index is 8.71. The molecule has 4 aromatic rings. The fourth-order valence-corrected chi connectivity index (χ4v) is 5.36. The summed E-state index contributed by atoms with van der Waals surface area (Å²) in [5, 5.41) is 17.6. The number of benzene rings is 1. The molecule has 8 nitrogen and oxygen atoms in total. The second kappa shape index (κ2) is 8.68. The minimum Gasteiger partial charge on any atom is -0.458 e. The van der Waals surface area contributed by atoms with Gasteiger partial charge in [0.2, 0.25) is 0 Å². The number of hydrogen-bond donors (Lipinski definition) is 2. The molecular formula is C26H29N7O. The Morgan fingerprint density at radius 3 is 2.76 bits per heavy atom. The number of nitrogens with one attached hydrogen (secondary N) is 2. The van der Waals surface area contributed by atoms with Crippen molar-refractivity contribution < 1.29 is 4.42 Å². The van der Waals surface area contributed by atoms with Gasteiger partial charge in [-0.2, -0.15) is 5.10 Å². The monoisotopic (exact) mass is 455 g/mol. The second-order valence-electron chi connectivity index (χ2n) is 9.65. The first kappa shape index (κ1) is 21.0. The fourth-order valence-electron chi connectivity index (χ4n) is 5.36. The number of pyridine rings is 1. The van der Waals surface area contributed by atoms with Crippen LogP contribution in [0.25, 0.3) is 11.0 Å². The minimum absolute atomic E-state index is 0.462. The molecule has 2 N–H and O–H groups in total. The van der Waals surface area contributed by atoms with E-state index in [-0.39, 0.29) is 0 Å². The molecule has 1 saturated carbocycles. The van der Waals surface area contributed by atoms with E-state index in [2.05, 4.69) is 55.6 Å². The zero-order chi connectivity index (χ0) is 23.0. The van der Waals surface area contributed by atoms with Crippen LogP contribution in [0.1, 0.15) is 36.1 Å². The number of nitrogens with zero attached hydrogens (tertiary/aromatic N) is 5. The number of likely N-dealkylation sites (tertiary alicyclic amines) is 1. The Morgan fingerprint density at radius 2 is 2.00 bits per heavy atom. The zero-order valence-electron chi connectivity index (χ0n) is 19.2. The van der Waals surface area contributed by atoms with Gasteiger partial charge in [-0.05, 0) is 54.8 Å². The predicted octanol–water partition coefficient (Wildman–Crippen LogP) is 3.68. The molecule has 1 spiro atoms.